The van der Waals surface area contributed by atoms with Crippen molar-refractivity contribution in [1.82, 2.24) is 24.9 Å². The number of anilines is 1. The third-order valence-corrected chi connectivity index (χ3v) is 4.77. The Kier molecular flexibility index (Phi) is 5.65. The van der Waals surface area contributed by atoms with Gasteiger partial charge in [-0.3, -0.25) is 9.78 Å². The molecule has 3 N–H and O–H groups in total. The van der Waals surface area contributed by atoms with Crippen molar-refractivity contribution < 1.29 is 4.79 Å². The summed E-state index contributed by atoms with van der Waals surface area (Å²) in [4.78, 5) is 26.4. The van der Waals surface area contributed by atoms with Crippen LogP contribution in [0.2, 0.25) is 0 Å². The van der Waals surface area contributed by atoms with E-state index in [1.54, 1.807) is 18.6 Å². The van der Waals surface area contributed by atoms with Crippen LogP contribution in [0.15, 0.2) is 53.9 Å². The van der Waals surface area contributed by atoms with E-state index in [0.717, 1.165) is 24.8 Å². The predicted octanol–water partition coefficient (Wildman–Crippen LogP) is 3.36. The molecule has 4 aromatic rings. The number of unbranched alkanes of at least 4 members (excludes halogenated alkanes) is 2. The number of amides is 1. The molecule has 0 aliphatic rings. The minimum absolute atomic E-state index is 0.202. The van der Waals surface area contributed by atoms with Crippen LogP contribution in [0.25, 0.3) is 22.2 Å². The summed E-state index contributed by atoms with van der Waals surface area (Å²) in [6, 6.07) is 11.2. The van der Waals surface area contributed by atoms with Gasteiger partial charge in [-0.2, -0.15) is 9.78 Å². The van der Waals surface area contributed by atoms with Gasteiger partial charge in [-0.25, -0.2) is 9.97 Å². The highest BCUT2D eigenvalue weighted by molar-refractivity contribution is 6.10. The number of rotatable bonds is 7. The molecule has 152 valence electrons. The van der Waals surface area contributed by atoms with Crippen LogP contribution >= 0.6 is 0 Å². The number of carbonyl (C=O) groups is 1. The Bertz CT molecular complexity index is 1210. The maximum atomic E-state index is 12.9. The second kappa shape index (κ2) is 8.69. The van der Waals surface area contributed by atoms with Crippen molar-refractivity contribution >= 4 is 40.1 Å². The van der Waals surface area contributed by atoms with E-state index in [1.165, 1.54) is 4.68 Å². The second-order valence-electron chi connectivity index (χ2n) is 6.95. The molecule has 1 aromatic carbocycles. The van der Waals surface area contributed by atoms with Gasteiger partial charge in [0.1, 0.15) is 16.9 Å². The molecule has 3 heterocycles. The van der Waals surface area contributed by atoms with E-state index in [1.807, 2.05) is 36.4 Å². The van der Waals surface area contributed by atoms with Crippen LogP contribution in [0, 0.1) is 0 Å². The Morgan fingerprint density at radius 2 is 1.97 bits per heavy atom. The Labute approximate surface area is 173 Å². The van der Waals surface area contributed by atoms with Crippen molar-refractivity contribution in [2.45, 2.75) is 26.2 Å². The topological polar surface area (TPSA) is 111 Å². The Balaban J connectivity index is 1.81. The molecule has 0 unspecified atom stereocenters. The van der Waals surface area contributed by atoms with Crippen molar-refractivity contribution in [3.05, 3.63) is 59.9 Å². The fraction of sp³-hybridized carbons (Fsp3) is 0.227. The van der Waals surface area contributed by atoms with Crippen LogP contribution in [0.1, 0.15) is 42.1 Å². The van der Waals surface area contributed by atoms with Crippen molar-refractivity contribution in [1.29, 1.82) is 0 Å². The van der Waals surface area contributed by atoms with E-state index < -0.39 is 0 Å². The average molecular weight is 401 g/mol. The number of nitrogens with zero attached hydrogens (tertiary/aromatic N) is 5. The van der Waals surface area contributed by atoms with Crippen LogP contribution in [0.4, 0.5) is 5.82 Å². The highest BCUT2D eigenvalue weighted by Gasteiger charge is 2.23. The summed E-state index contributed by atoms with van der Waals surface area (Å²) >= 11 is 0. The molecule has 0 saturated heterocycles. The SMILES string of the molecule is CCCCCNC(=O)c1c(N)n(/N=C/c2cccnc2)c2nc3ccccc3nc12. The molecule has 0 aliphatic heterocycles. The van der Waals surface area contributed by atoms with Crippen LogP contribution in [0.3, 0.4) is 0 Å². The van der Waals surface area contributed by atoms with E-state index >= 15 is 0 Å². The first-order valence-electron chi connectivity index (χ1n) is 9.98. The van der Waals surface area contributed by atoms with Crippen molar-refractivity contribution in [3.8, 4) is 0 Å². The summed E-state index contributed by atoms with van der Waals surface area (Å²) in [6.07, 6.45) is 8.05. The summed E-state index contributed by atoms with van der Waals surface area (Å²) in [6.45, 7) is 2.70. The van der Waals surface area contributed by atoms with Gasteiger partial charge < -0.3 is 11.1 Å². The molecule has 0 saturated carbocycles. The van der Waals surface area contributed by atoms with Gasteiger partial charge in [0.25, 0.3) is 5.91 Å². The average Bonchev–Trinajstić information content (AvgIpc) is 3.04. The van der Waals surface area contributed by atoms with Crippen LogP contribution < -0.4 is 11.1 Å². The quantitative estimate of drug-likeness (QED) is 0.364. The molecule has 0 bridgehead atoms. The highest BCUT2D eigenvalue weighted by Crippen LogP contribution is 2.27. The zero-order valence-electron chi connectivity index (χ0n) is 16.7. The number of nitrogen functional groups attached to an aromatic ring is 1. The van der Waals surface area contributed by atoms with Crippen molar-refractivity contribution in [3.63, 3.8) is 0 Å². The Hall–Kier alpha value is -3.81. The molecule has 0 aliphatic carbocycles. The zero-order valence-corrected chi connectivity index (χ0v) is 16.7. The number of hydrogen-bond acceptors (Lipinski definition) is 6. The predicted molar refractivity (Wildman–Crippen MR) is 119 cm³/mol. The Morgan fingerprint density at radius 3 is 2.70 bits per heavy atom. The number of benzene rings is 1. The summed E-state index contributed by atoms with van der Waals surface area (Å²) in [7, 11) is 0. The number of carbonyl (C=O) groups excluding carboxylic acids is 1. The van der Waals surface area contributed by atoms with Gasteiger partial charge in [-0.1, -0.05) is 38.0 Å². The van der Waals surface area contributed by atoms with Crippen LogP contribution in [-0.2, 0) is 0 Å². The summed E-state index contributed by atoms with van der Waals surface area (Å²) in [5, 5.41) is 7.41. The third-order valence-electron chi connectivity index (χ3n) is 4.77. The van der Waals surface area contributed by atoms with Gasteiger partial charge in [0, 0.05) is 24.5 Å². The maximum absolute atomic E-state index is 12.9. The third kappa shape index (κ3) is 3.84. The Morgan fingerprint density at radius 1 is 1.17 bits per heavy atom. The molecule has 0 fully saturated rings. The lowest BCUT2D eigenvalue weighted by atomic mass is 10.2. The fourth-order valence-corrected chi connectivity index (χ4v) is 3.23. The van der Waals surface area contributed by atoms with E-state index in [4.69, 9.17) is 5.73 Å². The number of aromatic nitrogens is 4. The minimum Gasteiger partial charge on any atom is -0.383 e. The molecule has 3 aromatic heterocycles. The lowest BCUT2D eigenvalue weighted by Crippen LogP contribution is -2.25. The molecule has 30 heavy (non-hydrogen) atoms. The fourth-order valence-electron chi connectivity index (χ4n) is 3.23. The van der Waals surface area contributed by atoms with Gasteiger partial charge in [-0.15, -0.1) is 0 Å². The van der Waals surface area contributed by atoms with E-state index in [0.29, 0.717) is 34.3 Å². The first-order valence-corrected chi connectivity index (χ1v) is 9.98. The number of nitrogens with one attached hydrogen (secondary N) is 1. The van der Waals surface area contributed by atoms with Crippen molar-refractivity contribution in [2.24, 2.45) is 5.10 Å². The monoisotopic (exact) mass is 401 g/mol. The maximum Gasteiger partial charge on any atom is 0.257 e. The standard InChI is InChI=1S/C22H23N7O/c1-2-3-6-12-25-22(30)18-19-21(28-17-10-5-4-9-16(17)27-19)29(20(18)23)26-14-15-8-7-11-24-13-15/h4-5,7-11,13-14H,2-3,6,12,23H2,1H3,(H,25,30)/b26-14+. The number of pyridine rings is 1. The molecule has 8 nitrogen and oxygen atoms in total. The zero-order chi connectivity index (χ0) is 20.9. The van der Waals surface area contributed by atoms with Gasteiger partial charge in [0.05, 0.1) is 17.2 Å². The lowest BCUT2D eigenvalue weighted by molar-refractivity contribution is 0.0955. The normalized spacial score (nSPS) is 11.5. The molecular formula is C22H23N7O. The summed E-state index contributed by atoms with van der Waals surface area (Å²) in [5.41, 5.74) is 9.73. The molecule has 8 heteroatoms. The summed E-state index contributed by atoms with van der Waals surface area (Å²) < 4.78 is 1.46. The first kappa shape index (κ1) is 19.5. The van der Waals surface area contributed by atoms with Crippen LogP contribution in [0.5, 0.6) is 0 Å². The minimum atomic E-state index is -0.270. The van der Waals surface area contributed by atoms with Crippen LogP contribution in [-0.4, -0.2) is 38.3 Å². The highest BCUT2D eigenvalue weighted by atomic mass is 16.1. The van der Waals surface area contributed by atoms with E-state index in [9.17, 15) is 4.79 Å². The first-order chi connectivity index (χ1) is 14.7. The van der Waals surface area contributed by atoms with Gasteiger partial charge >= 0.3 is 0 Å². The number of fused-ring (bicyclic) bond motifs is 2. The smallest absolute Gasteiger partial charge is 0.257 e. The molecule has 4 rings (SSSR count). The van der Waals surface area contributed by atoms with Gasteiger partial charge in [0.2, 0.25) is 0 Å². The second-order valence-corrected chi connectivity index (χ2v) is 6.95. The van der Waals surface area contributed by atoms with E-state index in [-0.39, 0.29) is 11.7 Å². The van der Waals surface area contributed by atoms with Gasteiger partial charge in [-0.05, 0) is 24.6 Å². The molecule has 0 atom stereocenters. The van der Waals surface area contributed by atoms with Gasteiger partial charge in [0.15, 0.2) is 5.65 Å². The lowest BCUT2D eigenvalue weighted by Gasteiger charge is -2.04. The number of hydrogen-bond donors (Lipinski definition) is 2. The number of nitrogens with two attached hydrogens (primary N) is 1. The largest absolute Gasteiger partial charge is 0.383 e. The van der Waals surface area contributed by atoms with E-state index in [2.05, 4.69) is 32.3 Å². The summed E-state index contributed by atoms with van der Waals surface area (Å²) in [5.74, 6) is -0.0676. The number of para-hydroxylation sites is 2. The van der Waals surface area contributed by atoms with Crippen molar-refractivity contribution in [2.75, 3.05) is 12.3 Å². The molecule has 1 amide bonds. The molecular weight excluding hydrogens is 378 g/mol. The molecule has 0 radical (unpaired) electrons. The molecule has 0 spiro atoms.